The fourth-order valence-electron chi connectivity index (χ4n) is 5.70. The third kappa shape index (κ3) is 6.31. The van der Waals surface area contributed by atoms with E-state index in [9.17, 15) is 0 Å². The highest BCUT2D eigenvalue weighted by Crippen LogP contribution is 2.44. The van der Waals surface area contributed by atoms with Crippen LogP contribution in [0.4, 0.5) is 0 Å². The Balaban J connectivity index is 0.000000258. The largest absolute Gasteiger partial charge is 0.379 e. The molecule has 3 atom stereocenters. The predicted molar refractivity (Wildman–Crippen MR) is 130 cm³/mol. The number of rotatable bonds is 0. The average Bonchev–Trinajstić information content (AvgIpc) is 3.49. The lowest BCUT2D eigenvalue weighted by atomic mass is 9.69. The van der Waals surface area contributed by atoms with Gasteiger partial charge in [0.25, 0.3) is 0 Å². The van der Waals surface area contributed by atoms with Gasteiger partial charge in [-0.25, -0.2) is 0 Å². The highest BCUT2D eigenvalue weighted by molar-refractivity contribution is 5.32. The molecule has 4 rings (SSSR count). The number of nitrogens with one attached hydrogen (secondary N) is 2. The molecule has 0 saturated carbocycles. The molecule has 0 radical (unpaired) electrons. The molecule has 4 nitrogen and oxygen atoms in total. The van der Waals surface area contributed by atoms with Crippen LogP contribution >= 0.6 is 0 Å². The van der Waals surface area contributed by atoms with Crippen molar-refractivity contribution < 1.29 is 9.47 Å². The molecule has 4 aliphatic rings. The van der Waals surface area contributed by atoms with Gasteiger partial charge in [-0.2, -0.15) is 0 Å². The lowest BCUT2D eigenvalue weighted by Gasteiger charge is -2.38. The zero-order valence-corrected chi connectivity index (χ0v) is 21.8. The summed E-state index contributed by atoms with van der Waals surface area (Å²) in [6, 6.07) is 0. The molecular formula is C26H52N2O2. The van der Waals surface area contributed by atoms with Gasteiger partial charge in [-0.15, -0.1) is 0 Å². The number of hydrogen-bond donors (Lipinski definition) is 2. The molecule has 4 heterocycles. The van der Waals surface area contributed by atoms with Crippen LogP contribution in [0.25, 0.3) is 0 Å². The van der Waals surface area contributed by atoms with Crippen molar-refractivity contribution in [2.24, 2.45) is 16.7 Å². The zero-order chi connectivity index (χ0) is 23.1. The van der Waals surface area contributed by atoms with Crippen molar-refractivity contribution in [2.75, 3.05) is 39.5 Å². The second kappa shape index (κ2) is 11.4. The van der Waals surface area contributed by atoms with Crippen LogP contribution in [0, 0.1) is 16.7 Å². The first-order valence-corrected chi connectivity index (χ1v) is 12.5. The van der Waals surface area contributed by atoms with Crippen molar-refractivity contribution in [3.05, 3.63) is 11.6 Å². The molecule has 2 N–H and O–H groups in total. The maximum atomic E-state index is 5.55. The van der Waals surface area contributed by atoms with E-state index in [0.717, 1.165) is 45.3 Å². The summed E-state index contributed by atoms with van der Waals surface area (Å²) >= 11 is 0. The Bertz CT molecular complexity index is 511. The summed E-state index contributed by atoms with van der Waals surface area (Å²) < 4.78 is 11.0. The van der Waals surface area contributed by atoms with Gasteiger partial charge in [-0.1, -0.05) is 75.3 Å². The van der Waals surface area contributed by atoms with Gasteiger partial charge in [-0.05, 0) is 48.1 Å². The van der Waals surface area contributed by atoms with Crippen LogP contribution in [-0.4, -0.2) is 50.6 Å². The van der Waals surface area contributed by atoms with Crippen LogP contribution in [0.5, 0.6) is 0 Å². The molecule has 0 amide bonds. The third-order valence-corrected chi connectivity index (χ3v) is 6.77. The third-order valence-electron chi connectivity index (χ3n) is 6.77. The van der Waals surface area contributed by atoms with Gasteiger partial charge in [0, 0.05) is 25.3 Å². The molecule has 0 bridgehead atoms. The molecule has 3 fully saturated rings. The Morgan fingerprint density at radius 3 is 1.93 bits per heavy atom. The summed E-state index contributed by atoms with van der Waals surface area (Å²) in [6.07, 6.45) is 5.99. The fraction of sp³-hybridized carbons (Fsp3) is 0.923. The normalized spacial score (nSPS) is 32.7. The minimum Gasteiger partial charge on any atom is -0.379 e. The van der Waals surface area contributed by atoms with Gasteiger partial charge < -0.3 is 20.1 Å². The van der Waals surface area contributed by atoms with Crippen molar-refractivity contribution in [3.63, 3.8) is 0 Å². The van der Waals surface area contributed by atoms with Gasteiger partial charge in [0.2, 0.25) is 0 Å². The Kier molecular flexibility index (Phi) is 10.5. The maximum absolute atomic E-state index is 5.55. The van der Waals surface area contributed by atoms with Crippen LogP contribution in [0.2, 0.25) is 0 Å². The molecule has 0 aromatic rings. The minimum absolute atomic E-state index is 0.179. The first-order valence-electron chi connectivity index (χ1n) is 12.5. The Labute approximate surface area is 187 Å². The summed E-state index contributed by atoms with van der Waals surface area (Å²) in [7, 11) is 0. The first-order chi connectivity index (χ1) is 14.1. The molecule has 178 valence electrons. The van der Waals surface area contributed by atoms with E-state index in [-0.39, 0.29) is 11.0 Å². The SMILES string of the molecule is CC.CC.CC(C)(C)C1=CCNC12CCOC2.CC(C)(C)C1CCNC12CCOC2. The lowest BCUT2D eigenvalue weighted by Crippen LogP contribution is -2.49. The molecule has 3 saturated heterocycles. The Hall–Kier alpha value is -0.420. The molecule has 0 aliphatic carbocycles. The van der Waals surface area contributed by atoms with E-state index in [0.29, 0.717) is 11.0 Å². The highest BCUT2D eigenvalue weighted by Gasteiger charge is 2.50. The van der Waals surface area contributed by atoms with E-state index in [4.69, 9.17) is 9.47 Å². The van der Waals surface area contributed by atoms with Gasteiger partial charge in [0.1, 0.15) is 0 Å². The lowest BCUT2D eigenvalue weighted by molar-refractivity contribution is 0.108. The summed E-state index contributed by atoms with van der Waals surface area (Å²) in [5.74, 6) is 0.780. The van der Waals surface area contributed by atoms with Crippen LogP contribution in [-0.2, 0) is 9.47 Å². The van der Waals surface area contributed by atoms with Crippen LogP contribution < -0.4 is 10.6 Å². The predicted octanol–water partition coefficient (Wildman–Crippen LogP) is 5.57. The first kappa shape index (κ1) is 27.6. The van der Waals surface area contributed by atoms with Gasteiger partial charge in [-0.3, -0.25) is 0 Å². The molecule has 2 spiro atoms. The fourth-order valence-corrected chi connectivity index (χ4v) is 5.70. The van der Waals surface area contributed by atoms with E-state index in [1.807, 2.05) is 27.7 Å². The molecule has 4 heteroatoms. The number of ether oxygens (including phenoxy) is 2. The second-order valence-electron chi connectivity index (χ2n) is 10.7. The van der Waals surface area contributed by atoms with Gasteiger partial charge in [0.05, 0.1) is 18.8 Å². The summed E-state index contributed by atoms with van der Waals surface area (Å²) in [5.41, 5.74) is 2.72. The van der Waals surface area contributed by atoms with Crippen molar-refractivity contribution in [2.45, 2.75) is 99.6 Å². The summed E-state index contributed by atoms with van der Waals surface area (Å²) in [4.78, 5) is 0. The van der Waals surface area contributed by atoms with Gasteiger partial charge in [0.15, 0.2) is 0 Å². The summed E-state index contributed by atoms with van der Waals surface area (Å²) in [6.45, 7) is 27.7. The molecule has 0 aromatic carbocycles. The van der Waals surface area contributed by atoms with E-state index >= 15 is 0 Å². The van der Waals surface area contributed by atoms with Crippen molar-refractivity contribution in [3.8, 4) is 0 Å². The Morgan fingerprint density at radius 2 is 1.47 bits per heavy atom. The monoisotopic (exact) mass is 424 g/mol. The topological polar surface area (TPSA) is 42.5 Å². The average molecular weight is 425 g/mol. The van der Waals surface area contributed by atoms with Crippen LogP contribution in [0.1, 0.15) is 88.5 Å². The Morgan fingerprint density at radius 1 is 0.867 bits per heavy atom. The zero-order valence-electron chi connectivity index (χ0n) is 21.8. The van der Waals surface area contributed by atoms with Gasteiger partial charge >= 0.3 is 0 Å². The molecule has 3 unspecified atom stereocenters. The molecule has 30 heavy (non-hydrogen) atoms. The standard InChI is InChI=1S/C11H21NO.C11H19NO.2C2H6/c2*1-10(2,3)9-4-6-12-11(9)5-7-13-8-11;2*1-2/h9,12H,4-8H2,1-3H3;4,12H,5-8H2,1-3H3;2*1-2H3. The van der Waals surface area contributed by atoms with Crippen LogP contribution in [0.15, 0.2) is 11.6 Å². The van der Waals surface area contributed by atoms with Crippen LogP contribution in [0.3, 0.4) is 0 Å². The molecular weight excluding hydrogens is 372 g/mol. The van der Waals surface area contributed by atoms with Crippen molar-refractivity contribution in [1.82, 2.24) is 10.6 Å². The smallest absolute Gasteiger partial charge is 0.0688 e. The maximum Gasteiger partial charge on any atom is 0.0688 e. The van der Waals surface area contributed by atoms with Crippen molar-refractivity contribution >= 4 is 0 Å². The second-order valence-corrected chi connectivity index (χ2v) is 10.7. The van der Waals surface area contributed by atoms with Crippen molar-refractivity contribution in [1.29, 1.82) is 0 Å². The van der Waals surface area contributed by atoms with E-state index in [1.54, 1.807) is 0 Å². The number of hydrogen-bond acceptors (Lipinski definition) is 4. The summed E-state index contributed by atoms with van der Waals surface area (Å²) in [5, 5.41) is 7.23. The molecule has 0 aromatic heterocycles. The van der Waals surface area contributed by atoms with E-state index in [1.165, 1.54) is 25.0 Å². The molecule has 4 aliphatic heterocycles. The van der Waals surface area contributed by atoms with E-state index in [2.05, 4.69) is 58.3 Å². The highest BCUT2D eigenvalue weighted by atomic mass is 16.5. The van der Waals surface area contributed by atoms with E-state index < -0.39 is 0 Å². The minimum atomic E-state index is 0.179. The quantitative estimate of drug-likeness (QED) is 0.499.